The van der Waals surface area contributed by atoms with Crippen molar-refractivity contribution in [3.8, 4) is 22.5 Å². The summed E-state index contributed by atoms with van der Waals surface area (Å²) >= 11 is 0. The number of hydrogen-bond acceptors (Lipinski definition) is 4. The molecule has 0 aliphatic carbocycles. The number of hydrogen-bond donors (Lipinski definition) is 2. The van der Waals surface area contributed by atoms with Crippen molar-refractivity contribution < 1.29 is 31.5 Å². The average molecular weight is 523 g/mol. The van der Waals surface area contributed by atoms with Gasteiger partial charge >= 0.3 is 12.1 Å². The number of rotatable bonds is 5. The molecule has 186 valence electrons. The molecular weight excluding hydrogens is 505 g/mol. The van der Waals surface area contributed by atoms with Gasteiger partial charge in [-0.2, -0.15) is 13.2 Å². The summed E-state index contributed by atoms with van der Waals surface area (Å²) in [6, 6.07) is 21.9. The summed E-state index contributed by atoms with van der Waals surface area (Å²) in [4.78, 5) is 18.4. The minimum Gasteiger partial charge on any atom is -0.478 e. The fourth-order valence-electron chi connectivity index (χ4n) is 3.97. The maximum atomic E-state index is 13.0. The molecule has 0 amide bonds. The van der Waals surface area contributed by atoms with E-state index in [-0.39, 0.29) is 20.9 Å². The smallest absolute Gasteiger partial charge is 0.416 e. The van der Waals surface area contributed by atoms with Gasteiger partial charge in [-0.3, -0.25) is 0 Å². The molecule has 0 atom stereocenters. The van der Waals surface area contributed by atoms with E-state index in [9.17, 15) is 31.5 Å². The fraction of sp³-hybridized carbons (Fsp3) is 0.0370. The van der Waals surface area contributed by atoms with Crippen molar-refractivity contribution in [1.82, 2.24) is 9.97 Å². The van der Waals surface area contributed by atoms with Gasteiger partial charge in [-0.15, -0.1) is 0 Å². The molecule has 37 heavy (non-hydrogen) atoms. The number of carbonyl (C=O) groups is 1. The van der Waals surface area contributed by atoms with E-state index in [1.54, 1.807) is 36.4 Å². The van der Waals surface area contributed by atoms with Crippen LogP contribution in [0.5, 0.6) is 0 Å². The summed E-state index contributed by atoms with van der Waals surface area (Å²) < 4.78 is 65.0. The lowest BCUT2D eigenvalue weighted by Gasteiger charge is -2.09. The van der Waals surface area contributed by atoms with Crippen molar-refractivity contribution in [2.24, 2.45) is 0 Å². The van der Waals surface area contributed by atoms with Crippen LogP contribution in [0.3, 0.4) is 0 Å². The maximum Gasteiger partial charge on any atom is 0.416 e. The van der Waals surface area contributed by atoms with Gasteiger partial charge in [-0.1, -0.05) is 48.5 Å². The lowest BCUT2D eigenvalue weighted by atomic mass is 10.0. The molecule has 0 unspecified atom stereocenters. The maximum absolute atomic E-state index is 13.0. The van der Waals surface area contributed by atoms with E-state index in [0.29, 0.717) is 16.9 Å². The zero-order chi connectivity index (χ0) is 26.4. The standard InChI is InChI=1S/C27H17F3N2O4S/c28-27(29,30)19-11-14-22-23(15-19)32-25(31-22)18-7-5-16(6-8-18)17-9-12-20(13-10-17)37(35,36)24-4-2-1-3-21(24)26(33)34/h1-15H,(H,31,32)(H,33,34). The van der Waals surface area contributed by atoms with E-state index >= 15 is 0 Å². The number of carboxylic acids is 1. The van der Waals surface area contributed by atoms with Gasteiger partial charge in [-0.05, 0) is 53.6 Å². The number of aromatic carboxylic acids is 1. The molecule has 0 aliphatic rings. The Morgan fingerprint density at radius 3 is 2.03 bits per heavy atom. The van der Waals surface area contributed by atoms with E-state index in [1.807, 2.05) is 0 Å². The first-order valence-electron chi connectivity index (χ1n) is 10.9. The van der Waals surface area contributed by atoms with Crippen molar-refractivity contribution in [3.63, 3.8) is 0 Å². The number of benzene rings is 4. The Kier molecular flexibility index (Phi) is 5.83. The van der Waals surface area contributed by atoms with Crippen LogP contribution < -0.4 is 0 Å². The monoisotopic (exact) mass is 522 g/mol. The fourth-order valence-corrected chi connectivity index (χ4v) is 5.43. The highest BCUT2D eigenvalue weighted by molar-refractivity contribution is 7.91. The quantitative estimate of drug-likeness (QED) is 0.276. The van der Waals surface area contributed by atoms with Gasteiger partial charge in [0, 0.05) is 5.56 Å². The lowest BCUT2D eigenvalue weighted by molar-refractivity contribution is -0.137. The number of fused-ring (bicyclic) bond motifs is 1. The van der Waals surface area contributed by atoms with E-state index in [4.69, 9.17) is 0 Å². The third-order valence-corrected chi connectivity index (χ3v) is 7.70. The van der Waals surface area contributed by atoms with E-state index < -0.39 is 27.5 Å². The molecule has 0 fully saturated rings. The number of aromatic nitrogens is 2. The Balaban J connectivity index is 1.41. The summed E-state index contributed by atoms with van der Waals surface area (Å²) in [6.45, 7) is 0. The van der Waals surface area contributed by atoms with Crippen molar-refractivity contribution in [2.45, 2.75) is 16.0 Å². The van der Waals surface area contributed by atoms with Crippen LogP contribution in [0.4, 0.5) is 13.2 Å². The predicted octanol–water partition coefficient (Wildman–Crippen LogP) is 6.45. The molecule has 0 saturated heterocycles. The molecule has 0 spiro atoms. The van der Waals surface area contributed by atoms with Crippen LogP contribution in [0, 0.1) is 0 Å². The largest absolute Gasteiger partial charge is 0.478 e. The molecule has 6 nitrogen and oxygen atoms in total. The minimum atomic E-state index is -4.45. The van der Waals surface area contributed by atoms with E-state index in [1.165, 1.54) is 42.5 Å². The summed E-state index contributed by atoms with van der Waals surface area (Å²) in [5.41, 5.74) is 1.77. The lowest BCUT2D eigenvalue weighted by Crippen LogP contribution is -2.09. The van der Waals surface area contributed by atoms with Crippen LogP contribution >= 0.6 is 0 Å². The van der Waals surface area contributed by atoms with Crippen LogP contribution in [0.1, 0.15) is 15.9 Å². The van der Waals surface area contributed by atoms with Crippen LogP contribution in [0.15, 0.2) is 101 Å². The SMILES string of the molecule is O=C(O)c1ccccc1S(=O)(=O)c1ccc(-c2ccc(-c3nc4ccc(C(F)(F)F)cc4[nH]3)cc2)cc1. The highest BCUT2D eigenvalue weighted by Crippen LogP contribution is 2.32. The second kappa shape index (κ2) is 8.90. The minimum absolute atomic E-state index is 0.0397. The Morgan fingerprint density at radius 2 is 1.41 bits per heavy atom. The molecular formula is C27H17F3N2O4S. The van der Waals surface area contributed by atoms with Crippen molar-refractivity contribution in [3.05, 3.63) is 102 Å². The topological polar surface area (TPSA) is 100 Å². The molecule has 0 bridgehead atoms. The first-order valence-corrected chi connectivity index (χ1v) is 12.4. The van der Waals surface area contributed by atoms with E-state index in [2.05, 4.69) is 9.97 Å². The second-order valence-electron chi connectivity index (χ2n) is 8.22. The zero-order valence-electron chi connectivity index (χ0n) is 18.8. The highest BCUT2D eigenvalue weighted by atomic mass is 32.2. The van der Waals surface area contributed by atoms with Gasteiger partial charge in [0.05, 0.1) is 32.0 Å². The first kappa shape index (κ1) is 24.3. The molecule has 0 radical (unpaired) electrons. The summed E-state index contributed by atoms with van der Waals surface area (Å²) in [6.07, 6.45) is -4.45. The number of imidazole rings is 1. The van der Waals surface area contributed by atoms with Crippen LogP contribution in [0.25, 0.3) is 33.5 Å². The second-order valence-corrected chi connectivity index (χ2v) is 10.1. The molecule has 5 rings (SSSR count). The van der Waals surface area contributed by atoms with Crippen molar-refractivity contribution in [2.75, 3.05) is 0 Å². The Hall–Kier alpha value is -4.44. The van der Waals surface area contributed by atoms with Gasteiger partial charge in [0.1, 0.15) is 5.82 Å². The Bertz CT molecular complexity index is 1740. The summed E-state index contributed by atoms with van der Waals surface area (Å²) in [5.74, 6) is -0.916. The highest BCUT2D eigenvalue weighted by Gasteiger charge is 2.30. The number of nitrogens with one attached hydrogen (secondary N) is 1. The first-order chi connectivity index (χ1) is 17.5. The van der Waals surface area contributed by atoms with Crippen molar-refractivity contribution >= 4 is 26.8 Å². The number of halogens is 3. The number of nitrogens with zero attached hydrogens (tertiary/aromatic N) is 1. The number of carboxylic acid groups (broad SMARTS) is 1. The van der Waals surface area contributed by atoms with Crippen LogP contribution in [-0.4, -0.2) is 29.5 Å². The number of H-pyrrole nitrogens is 1. The molecule has 10 heteroatoms. The predicted molar refractivity (Wildman–Crippen MR) is 131 cm³/mol. The number of alkyl halides is 3. The Labute approximate surface area is 209 Å². The van der Waals surface area contributed by atoms with E-state index in [0.717, 1.165) is 23.3 Å². The van der Waals surface area contributed by atoms with Gasteiger partial charge < -0.3 is 10.1 Å². The third-order valence-electron chi connectivity index (χ3n) is 5.87. The average Bonchev–Trinajstić information content (AvgIpc) is 3.32. The normalized spacial score (nSPS) is 12.1. The Morgan fingerprint density at radius 1 is 0.811 bits per heavy atom. The number of sulfone groups is 1. The van der Waals surface area contributed by atoms with Gasteiger partial charge in [0.2, 0.25) is 9.84 Å². The third kappa shape index (κ3) is 4.58. The zero-order valence-corrected chi connectivity index (χ0v) is 19.6. The van der Waals surface area contributed by atoms with Gasteiger partial charge in [0.15, 0.2) is 0 Å². The molecule has 0 saturated carbocycles. The molecule has 1 aromatic heterocycles. The van der Waals surface area contributed by atoms with Crippen molar-refractivity contribution in [1.29, 1.82) is 0 Å². The van der Waals surface area contributed by atoms with Gasteiger partial charge in [-0.25, -0.2) is 18.2 Å². The molecule has 4 aromatic carbocycles. The summed E-state index contributed by atoms with van der Waals surface area (Å²) in [7, 11) is -4.05. The molecule has 5 aromatic rings. The molecule has 2 N–H and O–H groups in total. The summed E-state index contributed by atoms with van der Waals surface area (Å²) in [5, 5.41) is 9.34. The molecule has 1 heterocycles. The van der Waals surface area contributed by atoms with Crippen LogP contribution in [0.2, 0.25) is 0 Å². The van der Waals surface area contributed by atoms with Gasteiger partial charge in [0.25, 0.3) is 0 Å². The van der Waals surface area contributed by atoms with Crippen LogP contribution in [-0.2, 0) is 16.0 Å². The molecule has 0 aliphatic heterocycles. The number of aromatic amines is 1.